The van der Waals surface area contributed by atoms with Crippen molar-refractivity contribution in [1.29, 1.82) is 0 Å². The molecule has 1 saturated heterocycles. The molecule has 0 aromatic heterocycles. The van der Waals surface area contributed by atoms with Crippen molar-refractivity contribution in [2.24, 2.45) is 0 Å². The summed E-state index contributed by atoms with van der Waals surface area (Å²) in [7, 11) is 1.67. The first kappa shape index (κ1) is 20.3. The lowest BCUT2D eigenvalue weighted by Gasteiger charge is -2.37. The van der Waals surface area contributed by atoms with Crippen molar-refractivity contribution in [2.45, 2.75) is 37.1 Å². The number of urea groups is 1. The molecular formula is C24H29N3O3. The van der Waals surface area contributed by atoms with Crippen molar-refractivity contribution in [3.8, 4) is 5.75 Å². The molecule has 3 amide bonds. The standard InChI is InChI=1S/C24H29N3O3/c1-30-20-11-7-10-19(16-20)24(12-5-6-13-24)17-26-23(29)27-15-14-25-22(28)21(27)18-8-3-2-4-9-18/h2-4,7-11,16,21H,5-6,12-15,17H2,1H3,(H,25,28)(H,26,29). The second-order valence-electron chi connectivity index (χ2n) is 8.18. The van der Waals surface area contributed by atoms with Gasteiger partial charge in [-0.3, -0.25) is 4.79 Å². The number of carbonyl (C=O) groups is 2. The average molecular weight is 408 g/mol. The summed E-state index contributed by atoms with van der Waals surface area (Å²) in [4.78, 5) is 27.4. The highest BCUT2D eigenvalue weighted by atomic mass is 16.5. The fourth-order valence-corrected chi connectivity index (χ4v) is 4.77. The van der Waals surface area contributed by atoms with E-state index in [2.05, 4.69) is 22.8 Å². The summed E-state index contributed by atoms with van der Waals surface area (Å²) in [6.45, 7) is 1.51. The Morgan fingerprint density at radius 3 is 2.67 bits per heavy atom. The summed E-state index contributed by atoms with van der Waals surface area (Å²) in [5.74, 6) is 0.702. The van der Waals surface area contributed by atoms with Gasteiger partial charge in [-0.15, -0.1) is 0 Å². The summed E-state index contributed by atoms with van der Waals surface area (Å²) < 4.78 is 5.42. The maximum Gasteiger partial charge on any atom is 0.318 e. The fraction of sp³-hybridized carbons (Fsp3) is 0.417. The van der Waals surface area contributed by atoms with E-state index in [1.807, 2.05) is 42.5 Å². The Morgan fingerprint density at radius 1 is 1.17 bits per heavy atom. The van der Waals surface area contributed by atoms with E-state index in [4.69, 9.17) is 4.74 Å². The second-order valence-corrected chi connectivity index (χ2v) is 8.18. The van der Waals surface area contributed by atoms with E-state index in [0.717, 1.165) is 37.0 Å². The van der Waals surface area contributed by atoms with Crippen LogP contribution in [0.1, 0.15) is 42.9 Å². The monoisotopic (exact) mass is 407 g/mol. The predicted octanol–water partition coefficient (Wildman–Crippen LogP) is 3.39. The van der Waals surface area contributed by atoms with E-state index < -0.39 is 6.04 Å². The first-order valence-corrected chi connectivity index (χ1v) is 10.6. The third-order valence-corrected chi connectivity index (χ3v) is 6.41. The number of benzene rings is 2. The molecule has 0 radical (unpaired) electrons. The van der Waals surface area contributed by atoms with Gasteiger partial charge in [-0.2, -0.15) is 0 Å². The minimum absolute atomic E-state index is 0.0928. The molecule has 2 aliphatic rings. The summed E-state index contributed by atoms with van der Waals surface area (Å²) in [5, 5.41) is 6.04. The van der Waals surface area contributed by atoms with Gasteiger partial charge in [0.1, 0.15) is 11.8 Å². The van der Waals surface area contributed by atoms with E-state index in [-0.39, 0.29) is 17.4 Å². The number of hydrogen-bond donors (Lipinski definition) is 2. The highest BCUT2D eigenvalue weighted by molar-refractivity contribution is 5.89. The average Bonchev–Trinajstić information content (AvgIpc) is 3.28. The largest absolute Gasteiger partial charge is 0.497 e. The van der Waals surface area contributed by atoms with Gasteiger partial charge in [-0.05, 0) is 36.1 Å². The van der Waals surface area contributed by atoms with E-state index >= 15 is 0 Å². The first-order valence-electron chi connectivity index (χ1n) is 10.6. The van der Waals surface area contributed by atoms with Gasteiger partial charge in [0, 0.05) is 25.0 Å². The van der Waals surface area contributed by atoms with Crippen molar-refractivity contribution in [2.75, 3.05) is 26.7 Å². The molecule has 1 heterocycles. The van der Waals surface area contributed by atoms with Crippen LogP contribution in [0.25, 0.3) is 0 Å². The molecule has 1 saturated carbocycles. The Hall–Kier alpha value is -3.02. The molecule has 1 aliphatic carbocycles. The van der Waals surface area contributed by atoms with Gasteiger partial charge < -0.3 is 20.3 Å². The first-order chi connectivity index (χ1) is 14.6. The summed E-state index contributed by atoms with van der Waals surface area (Å²) in [6.07, 6.45) is 4.35. The topological polar surface area (TPSA) is 70.7 Å². The van der Waals surface area contributed by atoms with Crippen LogP contribution in [0, 0.1) is 0 Å². The number of hydrogen-bond acceptors (Lipinski definition) is 3. The van der Waals surface area contributed by atoms with Gasteiger partial charge in [-0.25, -0.2) is 4.79 Å². The lowest BCUT2D eigenvalue weighted by molar-refractivity contribution is -0.127. The van der Waals surface area contributed by atoms with Gasteiger partial charge in [0.2, 0.25) is 5.91 Å². The minimum Gasteiger partial charge on any atom is -0.497 e. The molecule has 6 heteroatoms. The molecule has 0 bridgehead atoms. The zero-order valence-electron chi connectivity index (χ0n) is 17.4. The van der Waals surface area contributed by atoms with E-state index in [0.29, 0.717) is 19.6 Å². The second kappa shape index (κ2) is 8.78. The van der Waals surface area contributed by atoms with Crippen LogP contribution in [0.2, 0.25) is 0 Å². The maximum absolute atomic E-state index is 13.2. The number of nitrogens with zero attached hydrogens (tertiary/aromatic N) is 1. The third kappa shape index (κ3) is 3.99. The van der Waals surface area contributed by atoms with E-state index in [1.54, 1.807) is 12.0 Å². The van der Waals surface area contributed by atoms with Crippen LogP contribution in [-0.4, -0.2) is 43.6 Å². The van der Waals surface area contributed by atoms with Gasteiger partial charge in [-0.1, -0.05) is 55.3 Å². The van der Waals surface area contributed by atoms with Gasteiger partial charge >= 0.3 is 6.03 Å². The fourth-order valence-electron chi connectivity index (χ4n) is 4.77. The zero-order valence-corrected chi connectivity index (χ0v) is 17.4. The molecule has 2 fully saturated rings. The van der Waals surface area contributed by atoms with E-state index in [9.17, 15) is 9.59 Å². The van der Waals surface area contributed by atoms with Crippen LogP contribution in [-0.2, 0) is 10.2 Å². The molecule has 158 valence electrons. The molecule has 1 aliphatic heterocycles. The Balaban J connectivity index is 1.52. The third-order valence-electron chi connectivity index (χ3n) is 6.41. The number of amides is 3. The van der Waals surface area contributed by atoms with Crippen LogP contribution >= 0.6 is 0 Å². The van der Waals surface area contributed by atoms with Crippen molar-refractivity contribution in [1.82, 2.24) is 15.5 Å². The molecule has 1 unspecified atom stereocenters. The minimum atomic E-state index is -0.601. The lowest BCUT2D eigenvalue weighted by Crippen LogP contribution is -2.56. The number of nitrogens with one attached hydrogen (secondary N) is 2. The molecule has 1 atom stereocenters. The summed E-state index contributed by atoms with van der Waals surface area (Å²) in [6, 6.07) is 16.9. The van der Waals surface area contributed by atoms with Crippen molar-refractivity contribution >= 4 is 11.9 Å². The van der Waals surface area contributed by atoms with Crippen molar-refractivity contribution in [3.63, 3.8) is 0 Å². The van der Waals surface area contributed by atoms with Crippen molar-refractivity contribution in [3.05, 3.63) is 65.7 Å². The molecule has 4 rings (SSSR count). The zero-order chi connectivity index (χ0) is 21.0. The van der Waals surface area contributed by atoms with Crippen LogP contribution in [0.3, 0.4) is 0 Å². The smallest absolute Gasteiger partial charge is 0.318 e. The number of ether oxygens (including phenoxy) is 1. The summed E-state index contributed by atoms with van der Waals surface area (Å²) in [5.41, 5.74) is 1.94. The molecule has 30 heavy (non-hydrogen) atoms. The van der Waals surface area contributed by atoms with Gasteiger partial charge in [0.05, 0.1) is 7.11 Å². The van der Waals surface area contributed by atoms with E-state index in [1.165, 1.54) is 5.56 Å². The molecule has 2 aromatic rings. The Labute approximate surface area is 177 Å². The molecular weight excluding hydrogens is 378 g/mol. The van der Waals surface area contributed by atoms with Crippen molar-refractivity contribution < 1.29 is 14.3 Å². The van der Waals surface area contributed by atoms with Crippen LogP contribution in [0.5, 0.6) is 5.75 Å². The number of piperazine rings is 1. The molecule has 2 aromatic carbocycles. The maximum atomic E-state index is 13.2. The Bertz CT molecular complexity index is 894. The van der Waals surface area contributed by atoms with Gasteiger partial charge in [0.15, 0.2) is 0 Å². The summed E-state index contributed by atoms with van der Waals surface area (Å²) >= 11 is 0. The Kier molecular flexibility index (Phi) is 5.93. The number of carbonyl (C=O) groups excluding carboxylic acids is 2. The molecule has 2 N–H and O–H groups in total. The normalized spacial score (nSPS) is 20.5. The number of methoxy groups -OCH3 is 1. The predicted molar refractivity (Wildman–Crippen MR) is 115 cm³/mol. The van der Waals surface area contributed by atoms with Gasteiger partial charge in [0.25, 0.3) is 0 Å². The van der Waals surface area contributed by atoms with Crippen LogP contribution < -0.4 is 15.4 Å². The quantitative estimate of drug-likeness (QED) is 0.798. The molecule has 6 nitrogen and oxygen atoms in total. The van der Waals surface area contributed by atoms with Crippen LogP contribution in [0.15, 0.2) is 54.6 Å². The number of rotatable bonds is 5. The SMILES string of the molecule is COc1cccc(C2(CNC(=O)N3CCNC(=O)C3c3ccccc3)CCCC2)c1. The highest BCUT2D eigenvalue weighted by Crippen LogP contribution is 2.41. The highest BCUT2D eigenvalue weighted by Gasteiger charge is 2.38. The lowest BCUT2D eigenvalue weighted by atomic mass is 9.78. The van der Waals surface area contributed by atoms with Crippen LogP contribution in [0.4, 0.5) is 4.79 Å². The molecule has 0 spiro atoms. The Morgan fingerprint density at radius 2 is 1.93 bits per heavy atom.